The van der Waals surface area contributed by atoms with Crippen molar-refractivity contribution in [1.82, 2.24) is 9.66 Å². The highest BCUT2D eigenvalue weighted by Gasteiger charge is 2.18. The zero-order valence-corrected chi connectivity index (χ0v) is 25.1. The number of aromatic nitrogens is 2. The van der Waals surface area contributed by atoms with Crippen LogP contribution in [0.4, 0.5) is 0 Å². The summed E-state index contributed by atoms with van der Waals surface area (Å²) in [6, 6.07) is 15.0. The minimum absolute atomic E-state index is 0.0288. The van der Waals surface area contributed by atoms with Crippen molar-refractivity contribution in [2.45, 2.75) is 26.4 Å². The summed E-state index contributed by atoms with van der Waals surface area (Å²) < 4.78 is 15.2. The van der Waals surface area contributed by atoms with E-state index in [0.29, 0.717) is 49.9 Å². The summed E-state index contributed by atoms with van der Waals surface area (Å²) >= 11 is 17.1. The van der Waals surface area contributed by atoms with Gasteiger partial charge < -0.3 is 9.47 Å². The van der Waals surface area contributed by atoms with Gasteiger partial charge in [-0.1, -0.05) is 69.4 Å². The van der Waals surface area contributed by atoms with E-state index in [4.69, 9.17) is 21.1 Å². The van der Waals surface area contributed by atoms with E-state index < -0.39 is 0 Å². The van der Waals surface area contributed by atoms with Gasteiger partial charge in [0.05, 0.1) is 24.2 Å². The molecule has 1 heterocycles. The van der Waals surface area contributed by atoms with Crippen molar-refractivity contribution < 1.29 is 9.47 Å². The van der Waals surface area contributed by atoms with Crippen LogP contribution in [0.1, 0.15) is 36.7 Å². The average molecular weight is 699 g/mol. The van der Waals surface area contributed by atoms with Crippen molar-refractivity contribution in [3.8, 4) is 11.5 Å². The molecule has 0 aliphatic carbocycles. The summed E-state index contributed by atoms with van der Waals surface area (Å²) in [4.78, 5) is 18.0. The number of nitrogens with zero attached hydrogens (tertiary/aromatic N) is 3. The maximum Gasteiger partial charge on any atom is 0.282 e. The molecule has 0 radical (unpaired) electrons. The minimum Gasteiger partial charge on any atom is -0.493 e. The molecule has 186 valence electrons. The fourth-order valence-corrected chi connectivity index (χ4v) is 4.77. The van der Waals surface area contributed by atoms with Gasteiger partial charge in [-0.2, -0.15) is 9.78 Å². The molecule has 0 amide bonds. The van der Waals surface area contributed by atoms with Gasteiger partial charge in [-0.25, -0.2) is 4.98 Å². The van der Waals surface area contributed by atoms with E-state index in [2.05, 4.69) is 57.9 Å². The molecule has 0 aliphatic heterocycles. The Hall–Kier alpha value is -2.20. The molecule has 4 aromatic rings. The van der Waals surface area contributed by atoms with E-state index in [-0.39, 0.29) is 11.5 Å². The molecule has 0 fully saturated rings. The van der Waals surface area contributed by atoms with Crippen LogP contribution in [0, 0.1) is 0 Å². The highest BCUT2D eigenvalue weighted by molar-refractivity contribution is 9.11. The Morgan fingerprint density at radius 2 is 1.78 bits per heavy atom. The Kier molecular flexibility index (Phi) is 8.55. The van der Waals surface area contributed by atoms with Crippen LogP contribution < -0.4 is 15.0 Å². The molecule has 0 atom stereocenters. The zero-order chi connectivity index (χ0) is 26.0. The van der Waals surface area contributed by atoms with Crippen LogP contribution in [-0.4, -0.2) is 23.0 Å². The fraction of sp³-hybridized carbons (Fsp3) is 0.192. The fourth-order valence-electron chi connectivity index (χ4n) is 3.49. The first-order chi connectivity index (χ1) is 17.2. The molecule has 0 saturated heterocycles. The van der Waals surface area contributed by atoms with E-state index >= 15 is 0 Å². The van der Waals surface area contributed by atoms with E-state index in [9.17, 15) is 4.79 Å². The van der Waals surface area contributed by atoms with Gasteiger partial charge in [-0.15, -0.1) is 0 Å². The molecule has 1 aromatic heterocycles. The first-order valence-electron chi connectivity index (χ1n) is 10.9. The molecule has 36 heavy (non-hydrogen) atoms. The van der Waals surface area contributed by atoms with Crippen LogP contribution in [0.15, 0.2) is 71.8 Å². The number of benzene rings is 3. The van der Waals surface area contributed by atoms with E-state index in [1.807, 2.05) is 50.2 Å². The Morgan fingerprint density at radius 1 is 1.08 bits per heavy atom. The van der Waals surface area contributed by atoms with Crippen molar-refractivity contribution >= 4 is 76.5 Å². The van der Waals surface area contributed by atoms with Gasteiger partial charge in [0.25, 0.3) is 5.56 Å². The lowest BCUT2D eigenvalue weighted by atomic mass is 10.2. The third kappa shape index (κ3) is 5.69. The first-order valence-corrected chi connectivity index (χ1v) is 13.6. The molecule has 0 N–H and O–H groups in total. The van der Waals surface area contributed by atoms with E-state index in [1.54, 1.807) is 25.5 Å². The second-order valence-electron chi connectivity index (χ2n) is 8.19. The Balaban J connectivity index is 1.73. The molecule has 0 spiro atoms. The number of hydrogen-bond acceptors (Lipinski definition) is 5. The van der Waals surface area contributed by atoms with Crippen LogP contribution in [0.5, 0.6) is 11.5 Å². The molecule has 10 heteroatoms. The maximum absolute atomic E-state index is 13.3. The third-order valence-electron chi connectivity index (χ3n) is 5.33. The second kappa shape index (κ2) is 11.5. The van der Waals surface area contributed by atoms with Crippen molar-refractivity contribution in [2.24, 2.45) is 5.10 Å². The molecular weight excluding hydrogens is 677 g/mol. The van der Waals surface area contributed by atoms with Gasteiger partial charge >= 0.3 is 0 Å². The van der Waals surface area contributed by atoms with Crippen molar-refractivity contribution in [3.63, 3.8) is 0 Å². The van der Waals surface area contributed by atoms with Crippen molar-refractivity contribution in [1.29, 1.82) is 0 Å². The largest absolute Gasteiger partial charge is 0.493 e. The maximum atomic E-state index is 13.3. The number of rotatable bonds is 7. The lowest BCUT2D eigenvalue weighted by Crippen LogP contribution is -2.23. The van der Waals surface area contributed by atoms with Crippen LogP contribution in [0.25, 0.3) is 10.9 Å². The summed E-state index contributed by atoms with van der Waals surface area (Å²) in [5.41, 5.74) is 1.96. The summed E-state index contributed by atoms with van der Waals surface area (Å²) in [6.07, 6.45) is 1.55. The number of fused-ring (bicyclic) bond motifs is 1. The van der Waals surface area contributed by atoms with Crippen molar-refractivity contribution in [3.05, 3.63) is 94.3 Å². The zero-order valence-electron chi connectivity index (χ0n) is 19.6. The van der Waals surface area contributed by atoms with Crippen LogP contribution >= 0.6 is 59.4 Å². The quantitative estimate of drug-likeness (QED) is 0.184. The van der Waals surface area contributed by atoms with Crippen molar-refractivity contribution in [2.75, 3.05) is 7.11 Å². The van der Waals surface area contributed by atoms with Crippen LogP contribution in [0.2, 0.25) is 5.02 Å². The number of halogens is 4. The van der Waals surface area contributed by atoms with E-state index in [0.717, 1.165) is 14.5 Å². The smallest absolute Gasteiger partial charge is 0.282 e. The van der Waals surface area contributed by atoms with E-state index in [1.165, 1.54) is 4.68 Å². The number of hydrogen-bond donors (Lipinski definition) is 0. The molecule has 3 aromatic carbocycles. The summed E-state index contributed by atoms with van der Waals surface area (Å²) in [5.74, 6) is 1.37. The predicted octanol–water partition coefficient (Wildman–Crippen LogP) is 7.93. The lowest BCUT2D eigenvalue weighted by molar-refractivity contribution is 0.284. The van der Waals surface area contributed by atoms with Gasteiger partial charge in [-0.3, -0.25) is 4.79 Å². The molecule has 0 aliphatic rings. The molecule has 0 saturated carbocycles. The second-order valence-corrected chi connectivity index (χ2v) is 11.2. The summed E-state index contributed by atoms with van der Waals surface area (Å²) in [5, 5.41) is 5.31. The highest BCUT2D eigenvalue weighted by atomic mass is 79.9. The molecule has 4 rings (SSSR count). The molecule has 0 unspecified atom stereocenters. The SMILES string of the molecule is COc1cc(C=Nn2c(C(C)C)nc3ccc(Br)cc3c2=O)c(Br)c(Cl)c1OCc1ccc(Br)cc1. The van der Waals surface area contributed by atoms with Gasteiger partial charge in [0.15, 0.2) is 11.5 Å². The first kappa shape index (κ1) is 26.9. The van der Waals surface area contributed by atoms with Gasteiger partial charge in [-0.05, 0) is 57.9 Å². The number of methoxy groups -OCH3 is 1. The Bertz CT molecular complexity index is 1520. The van der Waals surface area contributed by atoms with Gasteiger partial charge in [0.2, 0.25) is 0 Å². The van der Waals surface area contributed by atoms with Gasteiger partial charge in [0.1, 0.15) is 17.5 Å². The highest BCUT2D eigenvalue weighted by Crippen LogP contribution is 2.42. The Morgan fingerprint density at radius 3 is 2.44 bits per heavy atom. The normalized spacial score (nSPS) is 11.6. The third-order valence-corrected chi connectivity index (χ3v) is 7.80. The van der Waals surface area contributed by atoms with Crippen LogP contribution in [-0.2, 0) is 6.61 Å². The Labute approximate surface area is 238 Å². The molecule has 6 nitrogen and oxygen atoms in total. The summed E-state index contributed by atoms with van der Waals surface area (Å²) in [7, 11) is 1.54. The minimum atomic E-state index is -0.259. The molecule has 0 bridgehead atoms. The van der Waals surface area contributed by atoms with Gasteiger partial charge in [0, 0.05) is 24.9 Å². The van der Waals surface area contributed by atoms with Crippen LogP contribution in [0.3, 0.4) is 0 Å². The topological polar surface area (TPSA) is 65.7 Å². The lowest BCUT2D eigenvalue weighted by Gasteiger charge is -2.15. The average Bonchev–Trinajstić information content (AvgIpc) is 2.86. The molecular formula is C26H21Br3ClN3O3. The standard InChI is InChI=1S/C26H21Br3ClN3O3/c1-14(2)25-32-20-9-8-18(28)11-19(20)26(34)33(25)31-12-16-10-21(35-3)24(23(30)22(16)29)36-13-15-4-6-17(27)7-5-15/h4-12,14H,13H2,1-3H3. The number of ether oxygens (including phenoxy) is 2. The monoisotopic (exact) mass is 695 g/mol. The predicted molar refractivity (Wildman–Crippen MR) is 155 cm³/mol. The summed E-state index contributed by atoms with van der Waals surface area (Å²) in [6.45, 7) is 4.24.